The van der Waals surface area contributed by atoms with E-state index in [1.165, 1.54) is 66.4 Å². The first kappa shape index (κ1) is 32.0. The Kier molecular flexibility index (Phi) is 8.66. The zero-order valence-corrected chi connectivity index (χ0v) is 29.3. The third-order valence-corrected chi connectivity index (χ3v) is 10.1. The minimum absolute atomic E-state index is 1.09. The van der Waals surface area contributed by atoms with Crippen LogP contribution in [0, 0.1) is 0 Å². The maximum absolute atomic E-state index is 2.42. The Morgan fingerprint density at radius 3 is 1.30 bits per heavy atom. The van der Waals surface area contributed by atoms with Crippen LogP contribution in [0.5, 0.6) is 0 Å². The number of rotatable bonds is 8. The summed E-state index contributed by atoms with van der Waals surface area (Å²) in [5.74, 6) is 0. The van der Waals surface area contributed by atoms with Crippen molar-refractivity contribution in [2.75, 3.05) is 4.90 Å². The van der Waals surface area contributed by atoms with Crippen molar-refractivity contribution in [3.05, 3.63) is 224 Å². The molecule has 0 fully saturated rings. The van der Waals surface area contributed by atoms with Gasteiger partial charge in [0.15, 0.2) is 0 Å². The number of fused-ring (bicyclic) bond motifs is 1. The second kappa shape index (κ2) is 14.3. The van der Waals surface area contributed by atoms with Crippen LogP contribution < -0.4 is 4.90 Å². The van der Waals surface area contributed by atoms with E-state index in [2.05, 4.69) is 229 Å². The van der Waals surface area contributed by atoms with Gasteiger partial charge in [0.05, 0.1) is 11.4 Å². The summed E-state index contributed by atoms with van der Waals surface area (Å²) >= 11 is 0. The van der Waals surface area contributed by atoms with E-state index in [-0.39, 0.29) is 0 Å². The second-order valence-electron chi connectivity index (χ2n) is 13.4. The highest BCUT2D eigenvalue weighted by Crippen LogP contribution is 2.45. The summed E-state index contributed by atoms with van der Waals surface area (Å²) < 4.78 is 0. The predicted molar refractivity (Wildman–Crippen MR) is 226 cm³/mol. The fourth-order valence-corrected chi connectivity index (χ4v) is 7.40. The molecule has 0 N–H and O–H groups in total. The molecular weight excluding hydrogens is 639 g/mol. The molecule has 0 saturated heterocycles. The first-order chi connectivity index (χ1) is 26.3. The highest BCUT2D eigenvalue weighted by Gasteiger charge is 2.20. The summed E-state index contributed by atoms with van der Waals surface area (Å²) in [6.07, 6.45) is 0. The predicted octanol–water partition coefficient (Wildman–Crippen LogP) is 14.6. The average molecular weight is 676 g/mol. The summed E-state index contributed by atoms with van der Waals surface area (Å²) in [4.78, 5) is 2.42. The van der Waals surface area contributed by atoms with E-state index >= 15 is 0 Å². The van der Waals surface area contributed by atoms with Gasteiger partial charge in [-0.15, -0.1) is 0 Å². The third kappa shape index (κ3) is 6.53. The van der Waals surface area contributed by atoms with Gasteiger partial charge in [-0.2, -0.15) is 0 Å². The molecule has 0 aliphatic heterocycles. The van der Waals surface area contributed by atoms with Crippen LogP contribution >= 0.6 is 0 Å². The number of anilines is 3. The molecule has 9 aromatic rings. The minimum Gasteiger partial charge on any atom is -0.309 e. The molecule has 53 heavy (non-hydrogen) atoms. The van der Waals surface area contributed by atoms with E-state index in [0.717, 1.165) is 17.1 Å². The highest BCUT2D eigenvalue weighted by molar-refractivity contribution is 5.94. The molecule has 0 atom stereocenters. The number of hydrogen-bond donors (Lipinski definition) is 0. The lowest BCUT2D eigenvalue weighted by Gasteiger charge is -2.30. The summed E-state index contributed by atoms with van der Waals surface area (Å²) in [5, 5.41) is 2.51. The lowest BCUT2D eigenvalue weighted by atomic mass is 9.95. The molecule has 9 aromatic carbocycles. The van der Waals surface area contributed by atoms with Gasteiger partial charge in [-0.25, -0.2) is 0 Å². The Morgan fingerprint density at radius 1 is 0.226 bits per heavy atom. The van der Waals surface area contributed by atoms with Crippen molar-refractivity contribution in [1.29, 1.82) is 0 Å². The fraction of sp³-hybridized carbons (Fsp3) is 0. The molecule has 0 saturated carbocycles. The molecule has 1 heteroatoms. The Morgan fingerprint density at radius 2 is 0.642 bits per heavy atom. The standard InChI is InChI=1S/C52H37N/c1-3-15-38(16-4-1)44-22-14-24-47(37-44)50-26-10-12-28-52(50)53(51-27-11-9-25-49(51)41-18-5-2-6-19-41)48-33-31-40(32-34-48)43-21-13-23-45(35-43)46-30-29-39-17-7-8-20-42(39)36-46/h1-37H. The van der Waals surface area contributed by atoms with Gasteiger partial charge < -0.3 is 4.90 Å². The molecule has 9 rings (SSSR count). The van der Waals surface area contributed by atoms with Crippen molar-refractivity contribution in [1.82, 2.24) is 0 Å². The molecule has 0 aliphatic carbocycles. The summed E-state index contributed by atoms with van der Waals surface area (Å²) in [6, 6.07) is 80.8. The maximum Gasteiger partial charge on any atom is 0.0540 e. The van der Waals surface area contributed by atoms with Crippen molar-refractivity contribution >= 4 is 27.8 Å². The molecular formula is C52H37N. The molecule has 0 aliphatic rings. The molecule has 0 radical (unpaired) electrons. The number of hydrogen-bond acceptors (Lipinski definition) is 1. The largest absolute Gasteiger partial charge is 0.309 e. The van der Waals surface area contributed by atoms with E-state index in [9.17, 15) is 0 Å². The second-order valence-corrected chi connectivity index (χ2v) is 13.4. The van der Waals surface area contributed by atoms with E-state index in [1.807, 2.05) is 0 Å². The SMILES string of the molecule is c1ccc(-c2cccc(-c3ccccc3N(c3ccc(-c4cccc(-c5ccc6ccccc6c5)c4)cc3)c3ccccc3-c3ccccc3)c2)cc1. The molecule has 0 aromatic heterocycles. The van der Waals surface area contributed by atoms with E-state index < -0.39 is 0 Å². The Labute approximate surface area is 311 Å². The van der Waals surface area contributed by atoms with Crippen LogP contribution in [0.15, 0.2) is 224 Å². The quantitative estimate of drug-likeness (QED) is 0.155. The van der Waals surface area contributed by atoms with Crippen molar-refractivity contribution < 1.29 is 0 Å². The van der Waals surface area contributed by atoms with E-state index in [0.29, 0.717) is 0 Å². The Balaban J connectivity index is 1.15. The van der Waals surface area contributed by atoms with Gasteiger partial charge in [-0.3, -0.25) is 0 Å². The van der Waals surface area contributed by atoms with Crippen molar-refractivity contribution in [3.8, 4) is 55.6 Å². The first-order valence-corrected chi connectivity index (χ1v) is 18.2. The molecule has 0 spiro atoms. The van der Waals surface area contributed by atoms with Crippen LogP contribution in [0.1, 0.15) is 0 Å². The van der Waals surface area contributed by atoms with Gasteiger partial charge in [0.1, 0.15) is 0 Å². The zero-order valence-electron chi connectivity index (χ0n) is 29.3. The number of nitrogens with zero attached hydrogens (tertiary/aromatic N) is 1. The normalized spacial score (nSPS) is 11.0. The van der Waals surface area contributed by atoms with Gasteiger partial charge in [0.2, 0.25) is 0 Å². The molecule has 0 bridgehead atoms. The number of benzene rings is 9. The fourth-order valence-electron chi connectivity index (χ4n) is 7.40. The van der Waals surface area contributed by atoms with Crippen LogP contribution in [-0.4, -0.2) is 0 Å². The van der Waals surface area contributed by atoms with Crippen molar-refractivity contribution in [3.63, 3.8) is 0 Å². The van der Waals surface area contributed by atoms with Gasteiger partial charge in [-0.05, 0) is 97.7 Å². The summed E-state index contributed by atoms with van der Waals surface area (Å²) in [6.45, 7) is 0. The van der Waals surface area contributed by atoms with Gasteiger partial charge in [-0.1, -0.05) is 182 Å². The lowest BCUT2D eigenvalue weighted by Crippen LogP contribution is -2.12. The lowest BCUT2D eigenvalue weighted by molar-refractivity contribution is 1.28. The molecule has 1 nitrogen and oxygen atoms in total. The van der Waals surface area contributed by atoms with Crippen LogP contribution in [0.2, 0.25) is 0 Å². The topological polar surface area (TPSA) is 3.24 Å². The summed E-state index contributed by atoms with van der Waals surface area (Å²) in [5.41, 5.74) is 15.2. The van der Waals surface area contributed by atoms with E-state index in [4.69, 9.17) is 0 Å². The number of para-hydroxylation sites is 2. The third-order valence-electron chi connectivity index (χ3n) is 10.1. The van der Waals surface area contributed by atoms with Crippen molar-refractivity contribution in [2.24, 2.45) is 0 Å². The van der Waals surface area contributed by atoms with Crippen LogP contribution in [0.3, 0.4) is 0 Å². The van der Waals surface area contributed by atoms with Gasteiger partial charge in [0, 0.05) is 16.8 Å². The Bertz CT molecular complexity index is 2660. The average Bonchev–Trinajstić information content (AvgIpc) is 3.25. The monoisotopic (exact) mass is 675 g/mol. The highest BCUT2D eigenvalue weighted by atomic mass is 15.1. The Hall–Kier alpha value is -6.96. The molecule has 0 heterocycles. The molecule has 0 amide bonds. The minimum atomic E-state index is 1.09. The molecule has 250 valence electrons. The van der Waals surface area contributed by atoms with Crippen LogP contribution in [-0.2, 0) is 0 Å². The van der Waals surface area contributed by atoms with E-state index in [1.54, 1.807) is 0 Å². The maximum atomic E-state index is 2.42. The summed E-state index contributed by atoms with van der Waals surface area (Å²) in [7, 11) is 0. The zero-order chi connectivity index (χ0) is 35.4. The van der Waals surface area contributed by atoms with Crippen molar-refractivity contribution in [2.45, 2.75) is 0 Å². The van der Waals surface area contributed by atoms with Gasteiger partial charge >= 0.3 is 0 Å². The first-order valence-electron chi connectivity index (χ1n) is 18.2. The molecule has 0 unspecified atom stereocenters. The van der Waals surface area contributed by atoms with Crippen LogP contribution in [0.25, 0.3) is 66.4 Å². The van der Waals surface area contributed by atoms with Gasteiger partial charge in [0.25, 0.3) is 0 Å². The smallest absolute Gasteiger partial charge is 0.0540 e. The van der Waals surface area contributed by atoms with Crippen LogP contribution in [0.4, 0.5) is 17.1 Å².